The minimum absolute atomic E-state index is 0.363. The third-order valence-corrected chi connectivity index (χ3v) is 2.48. The van der Waals surface area contributed by atoms with Gasteiger partial charge in [-0.1, -0.05) is 60.2 Å². The van der Waals surface area contributed by atoms with E-state index < -0.39 is 0 Å². The van der Waals surface area contributed by atoms with E-state index in [4.69, 9.17) is 11.6 Å². The van der Waals surface area contributed by atoms with Crippen LogP contribution in [0.4, 0.5) is 0 Å². The van der Waals surface area contributed by atoms with Crippen LogP contribution in [-0.4, -0.2) is 0 Å². The minimum Gasteiger partial charge on any atom is -0.0843 e. The van der Waals surface area contributed by atoms with Gasteiger partial charge in [-0.2, -0.15) is 0 Å². The van der Waals surface area contributed by atoms with Gasteiger partial charge in [-0.15, -0.1) is 0 Å². The summed E-state index contributed by atoms with van der Waals surface area (Å²) in [5, 5.41) is 0.786. The molecule has 1 aliphatic rings. The Bertz CT molecular complexity index is 366. The van der Waals surface area contributed by atoms with Gasteiger partial charge in [0.2, 0.25) is 0 Å². The summed E-state index contributed by atoms with van der Waals surface area (Å²) < 4.78 is 0. The molecule has 1 aromatic rings. The van der Waals surface area contributed by atoms with Crippen LogP contribution in [0.25, 0.3) is 0 Å². The van der Waals surface area contributed by atoms with Crippen LogP contribution in [0.15, 0.2) is 60.7 Å². The van der Waals surface area contributed by atoms with Gasteiger partial charge in [0.25, 0.3) is 0 Å². The van der Waals surface area contributed by atoms with Crippen molar-refractivity contribution in [2.45, 2.75) is 5.92 Å². The first-order valence-electron chi connectivity index (χ1n) is 4.63. The number of hydrogen-bond donors (Lipinski definition) is 0. The van der Waals surface area contributed by atoms with Crippen LogP contribution in [-0.2, 0) is 0 Å². The molecule has 70 valence electrons. The monoisotopic (exact) mass is 202 g/mol. The summed E-state index contributed by atoms with van der Waals surface area (Å²) in [5.74, 6) is 0.363. The normalized spacial score (nSPS) is 15.8. The summed E-state index contributed by atoms with van der Waals surface area (Å²) >= 11 is 5.83. The number of rotatable bonds is 1. The van der Waals surface area contributed by atoms with Crippen molar-refractivity contribution in [2.24, 2.45) is 0 Å². The van der Waals surface area contributed by atoms with Gasteiger partial charge in [0, 0.05) is 10.9 Å². The van der Waals surface area contributed by atoms with Gasteiger partial charge in [-0.05, 0) is 17.7 Å². The molecule has 2 rings (SSSR count). The van der Waals surface area contributed by atoms with Crippen molar-refractivity contribution in [3.63, 3.8) is 0 Å². The second kappa shape index (κ2) is 4.30. The fraction of sp³-hybridized carbons (Fsp3) is 0.0769. The fourth-order valence-corrected chi connectivity index (χ4v) is 1.59. The molecule has 0 fully saturated rings. The molecule has 0 heterocycles. The zero-order valence-electron chi connectivity index (χ0n) is 7.73. The Morgan fingerprint density at radius 3 is 1.93 bits per heavy atom. The smallest absolute Gasteiger partial charge is 0.0406 e. The molecule has 0 radical (unpaired) electrons. The van der Waals surface area contributed by atoms with Crippen LogP contribution in [0.3, 0.4) is 0 Å². The minimum atomic E-state index is 0.363. The Hall–Kier alpha value is -1.27. The van der Waals surface area contributed by atoms with E-state index in [1.165, 1.54) is 5.56 Å². The van der Waals surface area contributed by atoms with E-state index in [0.29, 0.717) is 5.92 Å². The maximum Gasteiger partial charge on any atom is 0.0406 e. The molecule has 0 N–H and O–H groups in total. The van der Waals surface area contributed by atoms with Crippen LogP contribution in [0.5, 0.6) is 0 Å². The molecule has 1 heteroatoms. The van der Waals surface area contributed by atoms with Crippen molar-refractivity contribution in [2.75, 3.05) is 0 Å². The number of hydrogen-bond acceptors (Lipinski definition) is 0. The molecule has 0 saturated carbocycles. The highest BCUT2D eigenvalue weighted by molar-refractivity contribution is 6.30. The molecule has 1 aromatic carbocycles. The summed E-state index contributed by atoms with van der Waals surface area (Å²) in [6, 6.07) is 7.98. The molecule has 14 heavy (non-hydrogen) atoms. The molecule has 0 aliphatic heterocycles. The maximum absolute atomic E-state index is 5.83. The van der Waals surface area contributed by atoms with E-state index in [1.54, 1.807) is 0 Å². The molecule has 0 atom stereocenters. The SMILES string of the molecule is Clc1ccc(C2C=CC=CC=C2)cc1. The molecule has 0 bridgehead atoms. The molecule has 0 nitrogen and oxygen atoms in total. The lowest BCUT2D eigenvalue weighted by Crippen LogP contribution is -1.89. The average molecular weight is 203 g/mol. The maximum atomic E-state index is 5.83. The molecule has 0 saturated heterocycles. The third kappa shape index (κ3) is 2.15. The van der Waals surface area contributed by atoms with Crippen LogP contribution in [0, 0.1) is 0 Å². The first kappa shape index (κ1) is 9.29. The highest BCUT2D eigenvalue weighted by Crippen LogP contribution is 2.22. The molecule has 1 aliphatic carbocycles. The Labute approximate surface area is 89.2 Å². The molecule has 0 unspecified atom stereocenters. The van der Waals surface area contributed by atoms with Gasteiger partial charge in [-0.25, -0.2) is 0 Å². The van der Waals surface area contributed by atoms with Crippen molar-refractivity contribution >= 4 is 11.6 Å². The molecular weight excluding hydrogens is 192 g/mol. The Kier molecular flexibility index (Phi) is 2.85. The van der Waals surface area contributed by atoms with Crippen LogP contribution in [0.2, 0.25) is 5.02 Å². The first-order chi connectivity index (χ1) is 6.86. The molecule has 0 amide bonds. The van der Waals surface area contributed by atoms with Crippen molar-refractivity contribution < 1.29 is 0 Å². The lowest BCUT2D eigenvalue weighted by molar-refractivity contribution is 1.09. The highest BCUT2D eigenvalue weighted by Gasteiger charge is 2.03. The van der Waals surface area contributed by atoms with E-state index in [1.807, 2.05) is 24.3 Å². The molecule has 0 aromatic heterocycles. The van der Waals surface area contributed by atoms with Gasteiger partial charge in [0.05, 0.1) is 0 Å². The Morgan fingerprint density at radius 1 is 0.786 bits per heavy atom. The van der Waals surface area contributed by atoms with Gasteiger partial charge < -0.3 is 0 Å². The highest BCUT2D eigenvalue weighted by atomic mass is 35.5. The van der Waals surface area contributed by atoms with Crippen LogP contribution in [0.1, 0.15) is 11.5 Å². The zero-order valence-corrected chi connectivity index (χ0v) is 8.48. The molecular formula is C13H11Cl. The van der Waals surface area contributed by atoms with Crippen molar-refractivity contribution in [3.05, 3.63) is 71.3 Å². The van der Waals surface area contributed by atoms with E-state index in [9.17, 15) is 0 Å². The van der Waals surface area contributed by atoms with Crippen LogP contribution >= 0.6 is 11.6 Å². The first-order valence-corrected chi connectivity index (χ1v) is 5.01. The summed E-state index contributed by atoms with van der Waals surface area (Å²) in [5.41, 5.74) is 1.27. The van der Waals surface area contributed by atoms with Crippen molar-refractivity contribution in [1.29, 1.82) is 0 Å². The number of halogens is 1. The summed E-state index contributed by atoms with van der Waals surface area (Å²) in [6.45, 7) is 0. The van der Waals surface area contributed by atoms with Crippen LogP contribution < -0.4 is 0 Å². The predicted octanol–water partition coefficient (Wildman–Crippen LogP) is 4.11. The number of benzene rings is 1. The average Bonchev–Trinajstić information content (AvgIpc) is 2.47. The second-order valence-electron chi connectivity index (χ2n) is 3.23. The topological polar surface area (TPSA) is 0 Å². The van der Waals surface area contributed by atoms with E-state index in [0.717, 1.165) is 5.02 Å². The van der Waals surface area contributed by atoms with Gasteiger partial charge in [-0.3, -0.25) is 0 Å². The third-order valence-electron chi connectivity index (χ3n) is 2.23. The summed E-state index contributed by atoms with van der Waals surface area (Å²) in [7, 11) is 0. The Balaban J connectivity index is 2.27. The fourth-order valence-electron chi connectivity index (χ4n) is 1.47. The van der Waals surface area contributed by atoms with Gasteiger partial charge >= 0.3 is 0 Å². The van der Waals surface area contributed by atoms with E-state index in [2.05, 4.69) is 36.4 Å². The predicted molar refractivity (Wildman–Crippen MR) is 61.6 cm³/mol. The standard InChI is InChI=1S/C13H11Cl/c14-13-9-7-12(8-10-13)11-5-3-1-2-4-6-11/h1-11H. The lowest BCUT2D eigenvalue weighted by Gasteiger charge is -2.07. The van der Waals surface area contributed by atoms with E-state index in [-0.39, 0.29) is 0 Å². The quantitative estimate of drug-likeness (QED) is 0.643. The largest absolute Gasteiger partial charge is 0.0843 e. The zero-order chi connectivity index (χ0) is 9.80. The number of allylic oxidation sites excluding steroid dienone is 6. The van der Waals surface area contributed by atoms with Gasteiger partial charge in [0.15, 0.2) is 0 Å². The second-order valence-corrected chi connectivity index (χ2v) is 3.67. The van der Waals surface area contributed by atoms with Crippen molar-refractivity contribution in [3.8, 4) is 0 Å². The van der Waals surface area contributed by atoms with E-state index >= 15 is 0 Å². The summed E-state index contributed by atoms with van der Waals surface area (Å²) in [4.78, 5) is 0. The Morgan fingerprint density at radius 2 is 1.36 bits per heavy atom. The van der Waals surface area contributed by atoms with Gasteiger partial charge in [0.1, 0.15) is 0 Å². The van der Waals surface area contributed by atoms with Crippen molar-refractivity contribution in [1.82, 2.24) is 0 Å². The lowest BCUT2D eigenvalue weighted by atomic mass is 9.99. The molecule has 0 spiro atoms. The summed E-state index contributed by atoms with van der Waals surface area (Å²) in [6.07, 6.45) is 12.5.